The van der Waals surface area contributed by atoms with Gasteiger partial charge in [-0.1, -0.05) is 30.3 Å². The van der Waals surface area contributed by atoms with Crippen molar-refractivity contribution in [2.45, 2.75) is 58.7 Å². The van der Waals surface area contributed by atoms with Crippen molar-refractivity contribution in [1.82, 2.24) is 10.2 Å². The molecule has 1 aliphatic rings. The number of alkyl carbamates (subject to hydrolysis) is 1. The Morgan fingerprint density at radius 3 is 2.48 bits per heavy atom. The van der Waals surface area contributed by atoms with E-state index in [1.807, 2.05) is 26.8 Å². The highest BCUT2D eigenvalue weighted by Crippen LogP contribution is 2.28. The largest absolute Gasteiger partial charge is 0.444 e. The lowest BCUT2D eigenvalue weighted by Crippen LogP contribution is -2.51. The van der Waals surface area contributed by atoms with E-state index in [0.29, 0.717) is 5.92 Å². The van der Waals surface area contributed by atoms with Crippen molar-refractivity contribution in [3.8, 4) is 0 Å². The van der Waals surface area contributed by atoms with Crippen LogP contribution >= 0.6 is 0 Å². The van der Waals surface area contributed by atoms with Gasteiger partial charge in [0.05, 0.1) is 0 Å². The van der Waals surface area contributed by atoms with Crippen LogP contribution in [0.1, 0.15) is 46.6 Å². The van der Waals surface area contributed by atoms with Gasteiger partial charge in [-0.15, -0.1) is 0 Å². The quantitative estimate of drug-likeness (QED) is 0.918. The van der Waals surface area contributed by atoms with Crippen LogP contribution in [0.5, 0.6) is 0 Å². The summed E-state index contributed by atoms with van der Waals surface area (Å²) in [6.45, 7) is 12.9. The molecule has 0 bridgehead atoms. The number of carbonyl (C=O) groups excluding carboxylic acids is 1. The number of hydrogen-bond donors (Lipinski definition) is 1. The van der Waals surface area contributed by atoms with Crippen LogP contribution in [0.15, 0.2) is 30.3 Å². The van der Waals surface area contributed by atoms with Crippen molar-refractivity contribution in [3.63, 3.8) is 0 Å². The molecule has 2 rings (SSSR count). The molecule has 0 saturated carbocycles. The third-order valence-electron chi connectivity index (χ3n) is 4.37. The van der Waals surface area contributed by atoms with Gasteiger partial charge in [-0.2, -0.15) is 0 Å². The van der Waals surface area contributed by atoms with E-state index in [1.54, 1.807) is 0 Å². The Morgan fingerprint density at radius 1 is 1.22 bits per heavy atom. The molecule has 4 heteroatoms. The summed E-state index contributed by atoms with van der Waals surface area (Å²) in [5.74, 6) is 0.429. The summed E-state index contributed by atoms with van der Waals surface area (Å²) < 4.78 is 5.39. The first-order valence-electron chi connectivity index (χ1n) is 8.43. The molecule has 1 atom stereocenters. The highest BCUT2D eigenvalue weighted by atomic mass is 16.6. The normalized spacial score (nSPS) is 19.6. The molecule has 1 fully saturated rings. The minimum Gasteiger partial charge on any atom is -0.444 e. The van der Waals surface area contributed by atoms with E-state index in [2.05, 4.69) is 48.3 Å². The average molecular weight is 318 g/mol. The van der Waals surface area contributed by atoms with Gasteiger partial charge in [0.15, 0.2) is 0 Å². The molecule has 1 aromatic rings. The fraction of sp³-hybridized carbons (Fsp3) is 0.632. The first-order chi connectivity index (χ1) is 10.7. The lowest BCUT2D eigenvalue weighted by atomic mass is 9.87. The minimum absolute atomic E-state index is 0.270. The Hall–Kier alpha value is -1.55. The van der Waals surface area contributed by atoms with Gasteiger partial charge in [0.25, 0.3) is 0 Å². The Labute approximate surface area is 140 Å². The first kappa shape index (κ1) is 17.8. The van der Waals surface area contributed by atoms with Crippen molar-refractivity contribution in [2.24, 2.45) is 5.92 Å². The smallest absolute Gasteiger partial charge is 0.408 e. The van der Waals surface area contributed by atoms with Crippen LogP contribution < -0.4 is 5.32 Å². The third-order valence-corrected chi connectivity index (χ3v) is 4.37. The Morgan fingerprint density at radius 2 is 1.87 bits per heavy atom. The van der Waals surface area contributed by atoms with Crippen LogP contribution in [0.4, 0.5) is 4.79 Å². The molecule has 4 nitrogen and oxygen atoms in total. The fourth-order valence-electron chi connectivity index (χ4n) is 3.08. The summed E-state index contributed by atoms with van der Waals surface area (Å²) in [6, 6.07) is 10.5. The zero-order valence-corrected chi connectivity index (χ0v) is 15.1. The highest BCUT2D eigenvalue weighted by molar-refractivity contribution is 5.68. The maximum absolute atomic E-state index is 12.1. The van der Waals surface area contributed by atoms with Gasteiger partial charge in [-0.3, -0.25) is 4.90 Å². The second-order valence-electron chi connectivity index (χ2n) is 8.05. The maximum Gasteiger partial charge on any atom is 0.408 e. The zero-order valence-electron chi connectivity index (χ0n) is 15.1. The zero-order chi connectivity index (χ0) is 17.1. The number of carbonyl (C=O) groups is 1. The van der Waals surface area contributed by atoms with E-state index in [9.17, 15) is 4.79 Å². The van der Waals surface area contributed by atoms with Crippen molar-refractivity contribution in [3.05, 3.63) is 35.9 Å². The Kier molecular flexibility index (Phi) is 5.35. The van der Waals surface area contributed by atoms with E-state index in [0.717, 1.165) is 26.1 Å². The van der Waals surface area contributed by atoms with Crippen LogP contribution in [0.25, 0.3) is 0 Å². The molecule has 1 unspecified atom stereocenters. The molecule has 1 aliphatic heterocycles. The number of likely N-dealkylation sites (tertiary alicyclic amines) is 1. The number of hydrogen-bond acceptors (Lipinski definition) is 3. The van der Waals surface area contributed by atoms with Gasteiger partial charge < -0.3 is 10.1 Å². The van der Waals surface area contributed by atoms with Gasteiger partial charge in [-0.25, -0.2) is 4.79 Å². The molecule has 1 aromatic carbocycles. The van der Waals surface area contributed by atoms with Gasteiger partial charge >= 0.3 is 6.09 Å². The van der Waals surface area contributed by atoms with Gasteiger partial charge in [0.2, 0.25) is 0 Å². The molecule has 1 heterocycles. The van der Waals surface area contributed by atoms with E-state index >= 15 is 0 Å². The second-order valence-corrected chi connectivity index (χ2v) is 8.05. The predicted octanol–water partition coefficient (Wildman–Crippen LogP) is 3.81. The predicted molar refractivity (Wildman–Crippen MR) is 93.3 cm³/mol. The summed E-state index contributed by atoms with van der Waals surface area (Å²) in [5, 5.41) is 3.05. The van der Waals surface area contributed by atoms with Crippen LogP contribution in [-0.4, -0.2) is 35.2 Å². The van der Waals surface area contributed by atoms with Gasteiger partial charge in [0, 0.05) is 18.6 Å². The highest BCUT2D eigenvalue weighted by Gasteiger charge is 2.37. The molecule has 0 aliphatic carbocycles. The maximum atomic E-state index is 12.1. The van der Waals surface area contributed by atoms with Crippen LogP contribution in [-0.2, 0) is 11.3 Å². The van der Waals surface area contributed by atoms with Crippen LogP contribution in [0.2, 0.25) is 0 Å². The van der Waals surface area contributed by atoms with Crippen molar-refractivity contribution in [2.75, 3.05) is 13.1 Å². The number of amides is 1. The summed E-state index contributed by atoms with van der Waals surface area (Å²) in [4.78, 5) is 14.5. The number of benzene rings is 1. The van der Waals surface area contributed by atoms with Crippen molar-refractivity contribution >= 4 is 6.09 Å². The molecule has 128 valence electrons. The first-order valence-corrected chi connectivity index (χ1v) is 8.43. The monoisotopic (exact) mass is 318 g/mol. The Balaban J connectivity index is 1.88. The van der Waals surface area contributed by atoms with Crippen molar-refractivity contribution in [1.29, 1.82) is 0 Å². The molecule has 1 amide bonds. The SMILES string of the molecule is CC(C)(C)OC(=O)NC(C)(C)C1CCN(Cc2ccccc2)C1. The molecule has 0 spiro atoms. The molecule has 1 saturated heterocycles. The number of ether oxygens (including phenoxy) is 1. The molecule has 23 heavy (non-hydrogen) atoms. The van der Waals surface area contributed by atoms with E-state index < -0.39 is 5.60 Å². The Bertz CT molecular complexity index is 520. The number of nitrogens with one attached hydrogen (secondary N) is 1. The summed E-state index contributed by atoms with van der Waals surface area (Å²) in [7, 11) is 0. The summed E-state index contributed by atoms with van der Waals surface area (Å²) in [5.41, 5.74) is 0.606. The van der Waals surface area contributed by atoms with E-state index in [1.165, 1.54) is 5.56 Å². The molecule has 1 N–H and O–H groups in total. The van der Waals surface area contributed by atoms with Crippen LogP contribution in [0, 0.1) is 5.92 Å². The second kappa shape index (κ2) is 6.91. The summed E-state index contributed by atoms with van der Waals surface area (Å²) in [6.07, 6.45) is 0.763. The number of nitrogens with zero attached hydrogens (tertiary/aromatic N) is 1. The molecule has 0 radical (unpaired) electrons. The fourth-order valence-corrected chi connectivity index (χ4v) is 3.08. The van der Waals surface area contributed by atoms with E-state index in [-0.39, 0.29) is 11.6 Å². The lowest BCUT2D eigenvalue weighted by molar-refractivity contribution is 0.0437. The number of rotatable bonds is 4. The van der Waals surface area contributed by atoms with Gasteiger partial charge in [-0.05, 0) is 59.1 Å². The van der Waals surface area contributed by atoms with Crippen molar-refractivity contribution < 1.29 is 9.53 Å². The van der Waals surface area contributed by atoms with E-state index in [4.69, 9.17) is 4.74 Å². The lowest BCUT2D eigenvalue weighted by Gasteiger charge is -2.33. The molecular weight excluding hydrogens is 288 g/mol. The third kappa shape index (κ3) is 5.54. The molecule has 0 aromatic heterocycles. The minimum atomic E-state index is -0.463. The van der Waals surface area contributed by atoms with Gasteiger partial charge in [0.1, 0.15) is 5.60 Å². The summed E-state index contributed by atoms with van der Waals surface area (Å²) >= 11 is 0. The average Bonchev–Trinajstić information content (AvgIpc) is 2.86. The van der Waals surface area contributed by atoms with Crippen LogP contribution in [0.3, 0.4) is 0 Å². The topological polar surface area (TPSA) is 41.6 Å². The molecular formula is C19H30N2O2. The standard InChI is InChI=1S/C19H30N2O2/c1-18(2,3)23-17(22)20-19(4,5)16-11-12-21(14-16)13-15-9-7-6-8-10-15/h6-10,16H,11-14H2,1-5H3,(H,20,22).